The van der Waals surface area contributed by atoms with Gasteiger partial charge < -0.3 is 21.1 Å². The first-order valence-electron chi connectivity index (χ1n) is 18.3. The third kappa shape index (κ3) is 7.88. The van der Waals surface area contributed by atoms with E-state index in [-0.39, 0.29) is 36.2 Å². The number of carbonyl (C=O) groups is 2. The van der Waals surface area contributed by atoms with Crippen molar-refractivity contribution in [3.8, 4) is 0 Å². The molecule has 4 aliphatic rings. The van der Waals surface area contributed by atoms with E-state index < -0.39 is 0 Å². The van der Waals surface area contributed by atoms with Gasteiger partial charge in [-0.05, 0) is 91.3 Å². The van der Waals surface area contributed by atoms with Crippen LogP contribution >= 0.6 is 0 Å². The highest BCUT2D eigenvalue weighted by Crippen LogP contribution is 2.67. The fourth-order valence-electron chi connectivity index (χ4n) is 10.3. The molecule has 4 rings (SSSR count). The van der Waals surface area contributed by atoms with Crippen molar-refractivity contribution in [2.45, 2.75) is 137 Å². The topological polar surface area (TPSA) is 102 Å². The molecule has 0 unspecified atom stereocenters. The lowest BCUT2D eigenvalue weighted by Gasteiger charge is -2.58. The third-order valence-corrected chi connectivity index (χ3v) is 12.8. The van der Waals surface area contributed by atoms with Crippen LogP contribution in [0.25, 0.3) is 0 Å². The van der Waals surface area contributed by atoms with Crippen LogP contribution in [0.3, 0.4) is 0 Å². The Morgan fingerprint density at radius 2 is 1.65 bits per heavy atom. The van der Waals surface area contributed by atoms with Crippen LogP contribution in [0, 0.1) is 46.3 Å². The van der Waals surface area contributed by atoms with Gasteiger partial charge in [0, 0.05) is 38.8 Å². The Kier molecular flexibility index (Phi) is 12.2. The number of amides is 1. The second-order valence-corrected chi connectivity index (χ2v) is 15.9. The zero-order valence-corrected chi connectivity index (χ0v) is 28.6. The standard InChI is InChI=1S/C37H65N3O3/c1-26(2)9-6-10-27(3)31-13-14-32-30-12-11-28-25-29(17-19-36(28,4)33(30)18-20-37(31,32)5)43-35(42)16-15-34(41)40(23-7-21-38)24-8-22-39/h11,26-27,29-33H,6-10,12-25,38-39H2,1-5H3/p+2/t27-,29+,30+,31-,32+,33+,36+,37-/m1/s1. The van der Waals surface area contributed by atoms with Crippen molar-refractivity contribution in [3.05, 3.63) is 11.6 Å². The molecule has 0 aliphatic heterocycles. The van der Waals surface area contributed by atoms with Crippen molar-refractivity contribution >= 4 is 11.9 Å². The quantitative estimate of drug-likeness (QED) is 0.183. The second kappa shape index (κ2) is 15.3. The van der Waals surface area contributed by atoms with Gasteiger partial charge >= 0.3 is 5.97 Å². The molecule has 3 saturated carbocycles. The molecule has 0 aromatic heterocycles. The predicted molar refractivity (Wildman–Crippen MR) is 173 cm³/mol. The molecule has 6 heteroatoms. The smallest absolute Gasteiger partial charge is 0.306 e. The van der Waals surface area contributed by atoms with E-state index in [1.54, 1.807) is 5.57 Å². The van der Waals surface area contributed by atoms with Crippen LogP contribution in [0.1, 0.15) is 131 Å². The van der Waals surface area contributed by atoms with Gasteiger partial charge in [0.2, 0.25) is 5.91 Å². The molecule has 43 heavy (non-hydrogen) atoms. The molecular formula is C37H67N3O3+2. The van der Waals surface area contributed by atoms with Crippen LogP contribution < -0.4 is 11.5 Å². The number of hydrogen-bond donors (Lipinski definition) is 2. The van der Waals surface area contributed by atoms with Crippen molar-refractivity contribution in [2.75, 3.05) is 26.2 Å². The summed E-state index contributed by atoms with van der Waals surface area (Å²) < 4.78 is 6.02. The number of nitrogens with zero attached hydrogens (tertiary/aromatic N) is 1. The molecule has 0 radical (unpaired) electrons. The fraction of sp³-hybridized carbons (Fsp3) is 0.892. The number of allylic oxidation sites excluding steroid dienone is 1. The molecule has 0 saturated heterocycles. The molecule has 6 nitrogen and oxygen atoms in total. The van der Waals surface area contributed by atoms with E-state index in [0.717, 1.165) is 80.7 Å². The van der Waals surface area contributed by atoms with E-state index in [1.165, 1.54) is 51.4 Å². The van der Waals surface area contributed by atoms with Crippen LogP contribution in [-0.2, 0) is 14.3 Å². The molecule has 246 valence electrons. The SMILES string of the molecule is CC(C)CCC[C@@H](C)[C@H]1CC[C@H]2[C@@H]3CC=C4C[C@@H](OC(=O)CCC(=O)N(CCC[NH3+])CCC[NH3+])CC[C@]4(C)[C@H]3CC[C@]12C. The average molecular weight is 602 g/mol. The van der Waals surface area contributed by atoms with E-state index in [1.807, 2.05) is 4.90 Å². The van der Waals surface area contributed by atoms with E-state index >= 15 is 0 Å². The van der Waals surface area contributed by atoms with Gasteiger partial charge in [-0.1, -0.05) is 65.5 Å². The molecule has 0 heterocycles. The van der Waals surface area contributed by atoms with Gasteiger partial charge in [-0.25, -0.2) is 0 Å². The Balaban J connectivity index is 1.31. The van der Waals surface area contributed by atoms with Gasteiger partial charge in [0.05, 0.1) is 19.5 Å². The molecule has 6 N–H and O–H groups in total. The largest absolute Gasteiger partial charge is 0.462 e. The predicted octanol–water partition coefficient (Wildman–Crippen LogP) is 5.81. The Hall–Kier alpha value is -1.40. The number of esters is 1. The summed E-state index contributed by atoms with van der Waals surface area (Å²) in [6.45, 7) is 15.6. The zero-order chi connectivity index (χ0) is 31.2. The normalized spacial score (nSPS) is 34.1. The third-order valence-electron chi connectivity index (χ3n) is 12.8. The minimum absolute atomic E-state index is 0.0386. The Morgan fingerprint density at radius 1 is 0.930 bits per heavy atom. The van der Waals surface area contributed by atoms with Crippen molar-refractivity contribution in [1.82, 2.24) is 4.90 Å². The minimum atomic E-state index is -0.210. The van der Waals surface area contributed by atoms with Gasteiger partial charge in [0.1, 0.15) is 6.10 Å². The number of fused-ring (bicyclic) bond motifs is 5. The van der Waals surface area contributed by atoms with E-state index in [4.69, 9.17) is 4.74 Å². The van der Waals surface area contributed by atoms with Crippen molar-refractivity contribution in [2.24, 2.45) is 46.3 Å². The van der Waals surface area contributed by atoms with Crippen LogP contribution in [-0.4, -0.2) is 49.1 Å². The molecule has 0 spiro atoms. The molecule has 1 amide bonds. The lowest BCUT2D eigenvalue weighted by molar-refractivity contribution is -0.369. The maximum atomic E-state index is 12.8. The maximum Gasteiger partial charge on any atom is 0.306 e. The van der Waals surface area contributed by atoms with Crippen molar-refractivity contribution in [1.29, 1.82) is 0 Å². The highest BCUT2D eigenvalue weighted by molar-refractivity contribution is 5.81. The Labute approximate surface area is 263 Å². The zero-order valence-electron chi connectivity index (χ0n) is 28.6. The molecule has 4 aliphatic carbocycles. The summed E-state index contributed by atoms with van der Waals surface area (Å²) in [6.07, 6.45) is 18.7. The Bertz CT molecular complexity index is 957. The lowest BCUT2D eigenvalue weighted by atomic mass is 9.47. The van der Waals surface area contributed by atoms with E-state index in [2.05, 4.69) is 52.2 Å². The van der Waals surface area contributed by atoms with Crippen LogP contribution in [0.5, 0.6) is 0 Å². The van der Waals surface area contributed by atoms with E-state index in [9.17, 15) is 9.59 Å². The summed E-state index contributed by atoms with van der Waals surface area (Å²) >= 11 is 0. The number of hydrogen-bond acceptors (Lipinski definition) is 3. The molecule has 3 fully saturated rings. The number of carbonyl (C=O) groups excluding carboxylic acids is 2. The van der Waals surface area contributed by atoms with Crippen LogP contribution in [0.4, 0.5) is 0 Å². The summed E-state index contributed by atoms with van der Waals surface area (Å²) in [5, 5.41) is 0. The molecule has 0 aromatic rings. The van der Waals surface area contributed by atoms with Gasteiger partial charge in [0.15, 0.2) is 0 Å². The first kappa shape index (κ1) is 34.5. The highest BCUT2D eigenvalue weighted by Gasteiger charge is 2.59. The first-order valence-corrected chi connectivity index (χ1v) is 18.3. The second-order valence-electron chi connectivity index (χ2n) is 15.9. The van der Waals surface area contributed by atoms with Gasteiger partial charge in [0.25, 0.3) is 0 Å². The number of rotatable bonds is 15. The van der Waals surface area contributed by atoms with Gasteiger partial charge in [-0.15, -0.1) is 0 Å². The molecular weight excluding hydrogens is 534 g/mol. The van der Waals surface area contributed by atoms with E-state index in [0.29, 0.717) is 18.5 Å². The first-order chi connectivity index (χ1) is 20.5. The van der Waals surface area contributed by atoms with Gasteiger partial charge in [-0.3, -0.25) is 9.59 Å². The highest BCUT2D eigenvalue weighted by atomic mass is 16.5. The minimum Gasteiger partial charge on any atom is -0.462 e. The van der Waals surface area contributed by atoms with Crippen molar-refractivity contribution < 1.29 is 25.8 Å². The number of quaternary nitrogens is 2. The monoisotopic (exact) mass is 602 g/mol. The summed E-state index contributed by atoms with van der Waals surface area (Å²) in [5.74, 6) is 4.87. The summed E-state index contributed by atoms with van der Waals surface area (Å²) in [7, 11) is 0. The summed E-state index contributed by atoms with van der Waals surface area (Å²) in [4.78, 5) is 27.5. The Morgan fingerprint density at radius 3 is 2.33 bits per heavy atom. The van der Waals surface area contributed by atoms with Crippen LogP contribution in [0.15, 0.2) is 11.6 Å². The van der Waals surface area contributed by atoms with Crippen molar-refractivity contribution in [3.63, 3.8) is 0 Å². The lowest BCUT2D eigenvalue weighted by Crippen LogP contribution is -2.52. The molecule has 0 aromatic carbocycles. The maximum absolute atomic E-state index is 12.8. The summed E-state index contributed by atoms with van der Waals surface area (Å²) in [6, 6.07) is 0. The number of ether oxygens (including phenoxy) is 1. The molecule has 0 bridgehead atoms. The van der Waals surface area contributed by atoms with Crippen LogP contribution in [0.2, 0.25) is 0 Å². The van der Waals surface area contributed by atoms with Gasteiger partial charge in [-0.2, -0.15) is 0 Å². The average Bonchev–Trinajstić information content (AvgIpc) is 3.33. The summed E-state index contributed by atoms with van der Waals surface area (Å²) in [5.41, 5.74) is 10.1. The molecule has 8 atom stereocenters. The fourth-order valence-corrected chi connectivity index (χ4v) is 10.3.